The van der Waals surface area contributed by atoms with Gasteiger partial charge in [-0.25, -0.2) is 0 Å². The second-order valence-electron chi connectivity index (χ2n) is 4.89. The van der Waals surface area contributed by atoms with Crippen molar-refractivity contribution in [2.24, 2.45) is 0 Å². The largest absolute Gasteiger partial charge is 0.493 e. The summed E-state index contributed by atoms with van der Waals surface area (Å²) >= 11 is 0. The van der Waals surface area contributed by atoms with Crippen LogP contribution in [-0.4, -0.2) is 17.7 Å². The van der Waals surface area contributed by atoms with Gasteiger partial charge in [-0.05, 0) is 17.7 Å². The number of amides is 1. The number of ether oxygens (including phenoxy) is 1. The van der Waals surface area contributed by atoms with Crippen molar-refractivity contribution in [1.82, 2.24) is 5.16 Å². The molecule has 0 bridgehead atoms. The maximum Gasteiger partial charge on any atom is 0.239 e. The van der Waals surface area contributed by atoms with E-state index >= 15 is 0 Å². The lowest BCUT2D eigenvalue weighted by Crippen LogP contribution is -2.15. The van der Waals surface area contributed by atoms with Crippen molar-refractivity contribution in [3.8, 4) is 16.9 Å². The number of aromatic nitrogens is 1. The van der Waals surface area contributed by atoms with Gasteiger partial charge < -0.3 is 9.26 Å². The molecule has 0 saturated heterocycles. The quantitative estimate of drug-likeness (QED) is 0.753. The molecule has 0 aliphatic carbocycles. The predicted octanol–water partition coefficient (Wildman–Crippen LogP) is 3.75. The van der Waals surface area contributed by atoms with E-state index in [0.717, 1.165) is 16.9 Å². The number of hydrogen-bond donors (Lipinski definition) is 1. The average molecular weight is 308 g/mol. The van der Waals surface area contributed by atoms with E-state index in [1.165, 1.54) is 0 Å². The zero-order valence-corrected chi connectivity index (χ0v) is 12.4. The minimum atomic E-state index is -0.185. The molecule has 0 spiro atoms. The molecule has 0 unspecified atom stereocenters. The van der Waals surface area contributed by atoms with Gasteiger partial charge in [0.15, 0.2) is 0 Å². The normalized spacial score (nSPS) is 10.3. The van der Waals surface area contributed by atoms with Crippen LogP contribution in [0.25, 0.3) is 11.1 Å². The van der Waals surface area contributed by atoms with Crippen molar-refractivity contribution in [3.05, 3.63) is 66.9 Å². The Labute approximate surface area is 133 Å². The summed E-state index contributed by atoms with van der Waals surface area (Å²) in [5, 5.41) is 6.49. The molecule has 1 amide bonds. The monoisotopic (exact) mass is 308 g/mol. The number of anilines is 1. The first-order chi connectivity index (χ1) is 11.3. The first-order valence-corrected chi connectivity index (χ1v) is 7.31. The summed E-state index contributed by atoms with van der Waals surface area (Å²) in [7, 11) is 0. The molecular weight excluding hydrogens is 292 g/mol. The fourth-order valence-electron chi connectivity index (χ4n) is 2.12. The zero-order valence-electron chi connectivity index (χ0n) is 12.4. The zero-order chi connectivity index (χ0) is 15.9. The van der Waals surface area contributed by atoms with Crippen LogP contribution in [0, 0.1) is 0 Å². The molecule has 23 heavy (non-hydrogen) atoms. The van der Waals surface area contributed by atoms with Crippen LogP contribution in [0.2, 0.25) is 0 Å². The first-order valence-electron chi connectivity index (χ1n) is 7.31. The Morgan fingerprint density at radius 3 is 2.48 bits per heavy atom. The summed E-state index contributed by atoms with van der Waals surface area (Å²) in [6, 6.07) is 19.0. The summed E-state index contributed by atoms with van der Waals surface area (Å²) in [5.41, 5.74) is 1.69. The van der Waals surface area contributed by atoms with Gasteiger partial charge in [-0.1, -0.05) is 53.7 Å². The lowest BCUT2D eigenvalue weighted by molar-refractivity contribution is -0.116. The fraction of sp³-hybridized carbons (Fsp3) is 0.111. The number of rotatable bonds is 6. The molecule has 0 saturated carbocycles. The third-order valence-corrected chi connectivity index (χ3v) is 3.25. The maximum absolute atomic E-state index is 12.0. The molecule has 5 nitrogen and oxygen atoms in total. The number of carbonyl (C=O) groups excluding carboxylic acids is 1. The maximum atomic E-state index is 12.0. The lowest BCUT2D eigenvalue weighted by Gasteiger charge is -2.06. The highest BCUT2D eigenvalue weighted by Gasteiger charge is 2.13. The Morgan fingerprint density at radius 2 is 1.74 bits per heavy atom. The van der Waals surface area contributed by atoms with Crippen molar-refractivity contribution in [3.63, 3.8) is 0 Å². The van der Waals surface area contributed by atoms with Crippen LogP contribution >= 0.6 is 0 Å². The molecule has 5 heteroatoms. The fourth-order valence-corrected chi connectivity index (χ4v) is 2.12. The van der Waals surface area contributed by atoms with E-state index < -0.39 is 0 Å². The Balaban J connectivity index is 1.56. The van der Waals surface area contributed by atoms with Crippen molar-refractivity contribution >= 4 is 11.8 Å². The topological polar surface area (TPSA) is 64.4 Å². The van der Waals surface area contributed by atoms with Crippen LogP contribution < -0.4 is 10.1 Å². The summed E-state index contributed by atoms with van der Waals surface area (Å²) in [4.78, 5) is 12.0. The van der Waals surface area contributed by atoms with E-state index in [9.17, 15) is 4.79 Å². The Hall–Kier alpha value is -3.08. The summed E-state index contributed by atoms with van der Waals surface area (Å²) in [6.07, 6.45) is 1.81. The molecule has 3 aromatic rings. The van der Waals surface area contributed by atoms with Crippen LogP contribution in [0.1, 0.15) is 6.42 Å². The van der Waals surface area contributed by atoms with E-state index in [0.29, 0.717) is 12.5 Å². The Morgan fingerprint density at radius 1 is 1.04 bits per heavy atom. The number of hydrogen-bond acceptors (Lipinski definition) is 4. The number of carbonyl (C=O) groups is 1. The molecule has 0 fully saturated rings. The predicted molar refractivity (Wildman–Crippen MR) is 87.1 cm³/mol. The van der Waals surface area contributed by atoms with Crippen molar-refractivity contribution in [1.29, 1.82) is 0 Å². The van der Waals surface area contributed by atoms with E-state index in [4.69, 9.17) is 9.26 Å². The number of benzene rings is 2. The van der Waals surface area contributed by atoms with Gasteiger partial charge in [0.25, 0.3) is 0 Å². The van der Waals surface area contributed by atoms with Crippen molar-refractivity contribution in [2.75, 3.05) is 11.9 Å². The van der Waals surface area contributed by atoms with Gasteiger partial charge in [0.1, 0.15) is 5.75 Å². The number of nitrogens with zero attached hydrogens (tertiary/aromatic N) is 1. The highest BCUT2D eigenvalue weighted by molar-refractivity contribution is 5.93. The summed E-state index contributed by atoms with van der Waals surface area (Å²) in [5.74, 6) is 0.903. The minimum absolute atomic E-state index is 0.185. The van der Waals surface area contributed by atoms with Gasteiger partial charge in [-0.3, -0.25) is 10.1 Å². The molecule has 3 rings (SSSR count). The summed E-state index contributed by atoms with van der Waals surface area (Å²) in [6.45, 7) is 0.296. The molecule has 2 aromatic carbocycles. The number of para-hydroxylation sites is 1. The van der Waals surface area contributed by atoms with Gasteiger partial charge in [0.2, 0.25) is 11.8 Å². The number of nitrogens with one attached hydrogen (secondary N) is 1. The van der Waals surface area contributed by atoms with E-state index in [1.54, 1.807) is 6.20 Å². The first kappa shape index (κ1) is 14.8. The van der Waals surface area contributed by atoms with Crippen LogP contribution in [-0.2, 0) is 4.79 Å². The standard InChI is InChI=1S/C18H16N2O3/c21-17(11-12-22-15-9-5-2-6-10-15)20-18-16(13-19-23-18)14-7-3-1-4-8-14/h1-10,13H,11-12H2,(H,20,21). The van der Waals surface area contributed by atoms with Gasteiger partial charge in [-0.15, -0.1) is 0 Å². The smallest absolute Gasteiger partial charge is 0.239 e. The molecule has 1 heterocycles. The highest BCUT2D eigenvalue weighted by Crippen LogP contribution is 2.27. The highest BCUT2D eigenvalue weighted by atomic mass is 16.5. The van der Waals surface area contributed by atoms with Crippen LogP contribution in [0.15, 0.2) is 71.4 Å². The molecule has 1 N–H and O–H groups in total. The van der Waals surface area contributed by atoms with Crippen LogP contribution in [0.4, 0.5) is 5.88 Å². The molecule has 0 radical (unpaired) electrons. The molecule has 116 valence electrons. The molecule has 0 atom stereocenters. The van der Waals surface area contributed by atoms with Gasteiger partial charge in [0, 0.05) is 0 Å². The molecule has 1 aromatic heterocycles. The average Bonchev–Trinajstić information content (AvgIpc) is 3.05. The SMILES string of the molecule is O=C(CCOc1ccccc1)Nc1oncc1-c1ccccc1. The van der Waals surface area contributed by atoms with Gasteiger partial charge in [-0.2, -0.15) is 0 Å². The third-order valence-electron chi connectivity index (χ3n) is 3.25. The molecule has 0 aliphatic heterocycles. The summed E-state index contributed by atoms with van der Waals surface area (Å²) < 4.78 is 10.6. The lowest BCUT2D eigenvalue weighted by atomic mass is 10.1. The van der Waals surface area contributed by atoms with E-state index in [2.05, 4.69) is 10.5 Å². The van der Waals surface area contributed by atoms with Crippen LogP contribution in [0.3, 0.4) is 0 Å². The van der Waals surface area contributed by atoms with Gasteiger partial charge in [0.05, 0.1) is 24.8 Å². The van der Waals surface area contributed by atoms with Crippen LogP contribution in [0.5, 0.6) is 5.75 Å². The van der Waals surface area contributed by atoms with E-state index in [-0.39, 0.29) is 12.3 Å². The van der Waals surface area contributed by atoms with Crippen molar-refractivity contribution in [2.45, 2.75) is 6.42 Å². The molecule has 0 aliphatic rings. The van der Waals surface area contributed by atoms with Crippen molar-refractivity contribution < 1.29 is 14.1 Å². The third kappa shape index (κ3) is 3.97. The second-order valence-corrected chi connectivity index (χ2v) is 4.89. The van der Waals surface area contributed by atoms with E-state index in [1.807, 2.05) is 60.7 Å². The minimum Gasteiger partial charge on any atom is -0.493 e. The Kier molecular flexibility index (Phi) is 4.69. The Bertz CT molecular complexity index is 754. The molecular formula is C18H16N2O3. The van der Waals surface area contributed by atoms with Gasteiger partial charge >= 0.3 is 0 Å². The second kappa shape index (κ2) is 7.26.